The first-order chi connectivity index (χ1) is 10.1. The SMILES string of the molecule is CNC(Cc1cc(C)ccc1OC)c1c(F)cccc1F. The monoisotopic (exact) mass is 291 g/mol. The number of aryl methyl sites for hydroxylation is 1. The van der Waals surface area contributed by atoms with Gasteiger partial charge in [-0.15, -0.1) is 0 Å². The van der Waals surface area contributed by atoms with Crippen molar-refractivity contribution in [2.75, 3.05) is 14.2 Å². The molecule has 0 fully saturated rings. The van der Waals surface area contributed by atoms with E-state index in [2.05, 4.69) is 5.32 Å². The molecule has 0 saturated carbocycles. The van der Waals surface area contributed by atoms with Crippen molar-refractivity contribution in [3.63, 3.8) is 0 Å². The van der Waals surface area contributed by atoms with Gasteiger partial charge in [0.25, 0.3) is 0 Å². The van der Waals surface area contributed by atoms with Crippen LogP contribution in [0.25, 0.3) is 0 Å². The van der Waals surface area contributed by atoms with Crippen molar-refractivity contribution in [1.82, 2.24) is 5.32 Å². The van der Waals surface area contributed by atoms with Crippen molar-refractivity contribution < 1.29 is 13.5 Å². The van der Waals surface area contributed by atoms with E-state index < -0.39 is 17.7 Å². The minimum atomic E-state index is -0.541. The molecule has 4 heteroatoms. The molecular formula is C17H19F2NO. The Morgan fingerprint density at radius 1 is 1.14 bits per heavy atom. The fourth-order valence-corrected chi connectivity index (χ4v) is 2.48. The van der Waals surface area contributed by atoms with Crippen LogP contribution in [0.2, 0.25) is 0 Å². The van der Waals surface area contributed by atoms with E-state index in [0.717, 1.165) is 16.9 Å². The van der Waals surface area contributed by atoms with Gasteiger partial charge >= 0.3 is 0 Å². The molecule has 0 aromatic heterocycles. The highest BCUT2D eigenvalue weighted by Crippen LogP contribution is 2.28. The zero-order valence-electron chi connectivity index (χ0n) is 12.4. The van der Waals surface area contributed by atoms with Crippen LogP contribution in [0.5, 0.6) is 5.75 Å². The number of benzene rings is 2. The molecule has 0 heterocycles. The Hall–Kier alpha value is -1.94. The van der Waals surface area contributed by atoms with E-state index in [1.165, 1.54) is 18.2 Å². The van der Waals surface area contributed by atoms with Gasteiger partial charge in [0.15, 0.2) is 0 Å². The summed E-state index contributed by atoms with van der Waals surface area (Å²) in [5.74, 6) is -0.362. The van der Waals surface area contributed by atoms with Gasteiger partial charge in [0.05, 0.1) is 7.11 Å². The molecule has 0 radical (unpaired) electrons. The van der Waals surface area contributed by atoms with Crippen molar-refractivity contribution in [2.24, 2.45) is 0 Å². The molecule has 1 unspecified atom stereocenters. The molecule has 21 heavy (non-hydrogen) atoms. The van der Waals surface area contributed by atoms with Crippen LogP contribution in [0.1, 0.15) is 22.7 Å². The second kappa shape index (κ2) is 6.68. The van der Waals surface area contributed by atoms with Gasteiger partial charge < -0.3 is 10.1 Å². The molecule has 0 aliphatic rings. The van der Waals surface area contributed by atoms with E-state index in [4.69, 9.17) is 4.74 Å². The third-order valence-electron chi connectivity index (χ3n) is 3.56. The maximum atomic E-state index is 13.9. The van der Waals surface area contributed by atoms with Crippen LogP contribution in [0.3, 0.4) is 0 Å². The highest BCUT2D eigenvalue weighted by atomic mass is 19.1. The number of hydrogen-bond acceptors (Lipinski definition) is 2. The average Bonchev–Trinajstić information content (AvgIpc) is 2.46. The Morgan fingerprint density at radius 2 is 1.81 bits per heavy atom. The molecule has 112 valence electrons. The molecule has 2 rings (SSSR count). The number of nitrogens with one attached hydrogen (secondary N) is 1. The lowest BCUT2D eigenvalue weighted by Crippen LogP contribution is -2.21. The van der Waals surface area contributed by atoms with Gasteiger partial charge in [-0.3, -0.25) is 0 Å². The third-order valence-corrected chi connectivity index (χ3v) is 3.56. The van der Waals surface area contributed by atoms with E-state index in [0.29, 0.717) is 6.42 Å². The lowest BCUT2D eigenvalue weighted by atomic mass is 9.96. The number of rotatable bonds is 5. The van der Waals surface area contributed by atoms with Gasteiger partial charge in [-0.25, -0.2) is 8.78 Å². The van der Waals surface area contributed by atoms with E-state index in [1.807, 2.05) is 25.1 Å². The van der Waals surface area contributed by atoms with Gasteiger partial charge in [0.2, 0.25) is 0 Å². The zero-order chi connectivity index (χ0) is 15.4. The van der Waals surface area contributed by atoms with Gasteiger partial charge in [-0.05, 0) is 44.2 Å². The molecule has 0 amide bonds. The summed E-state index contributed by atoms with van der Waals surface area (Å²) >= 11 is 0. The minimum Gasteiger partial charge on any atom is -0.496 e. The van der Waals surface area contributed by atoms with Crippen LogP contribution >= 0.6 is 0 Å². The Bertz CT molecular complexity index is 608. The maximum absolute atomic E-state index is 13.9. The largest absolute Gasteiger partial charge is 0.496 e. The lowest BCUT2D eigenvalue weighted by molar-refractivity contribution is 0.404. The van der Waals surface area contributed by atoms with Crippen LogP contribution in [0, 0.1) is 18.6 Å². The quantitative estimate of drug-likeness (QED) is 0.905. The Balaban J connectivity index is 2.38. The summed E-state index contributed by atoms with van der Waals surface area (Å²) in [6, 6.07) is 9.25. The summed E-state index contributed by atoms with van der Waals surface area (Å²) in [7, 11) is 3.28. The topological polar surface area (TPSA) is 21.3 Å². The number of ether oxygens (including phenoxy) is 1. The van der Waals surface area contributed by atoms with Crippen molar-refractivity contribution in [3.8, 4) is 5.75 Å². The summed E-state index contributed by atoms with van der Waals surface area (Å²) in [6.45, 7) is 1.97. The van der Waals surface area contributed by atoms with Crippen molar-refractivity contribution in [2.45, 2.75) is 19.4 Å². The van der Waals surface area contributed by atoms with Crippen LogP contribution in [0.15, 0.2) is 36.4 Å². The van der Waals surface area contributed by atoms with E-state index in [-0.39, 0.29) is 5.56 Å². The number of methoxy groups -OCH3 is 1. The molecular weight excluding hydrogens is 272 g/mol. The molecule has 0 bridgehead atoms. The second-order valence-corrected chi connectivity index (χ2v) is 5.00. The van der Waals surface area contributed by atoms with E-state index in [1.54, 1.807) is 14.2 Å². The van der Waals surface area contributed by atoms with Crippen molar-refractivity contribution in [1.29, 1.82) is 0 Å². The van der Waals surface area contributed by atoms with Crippen LogP contribution in [-0.4, -0.2) is 14.2 Å². The van der Waals surface area contributed by atoms with E-state index in [9.17, 15) is 8.78 Å². The number of halogens is 2. The number of likely N-dealkylation sites (N-methyl/N-ethyl adjacent to an activating group) is 1. The molecule has 1 atom stereocenters. The minimum absolute atomic E-state index is 0.0589. The predicted molar refractivity (Wildman–Crippen MR) is 79.6 cm³/mol. The van der Waals surface area contributed by atoms with Crippen molar-refractivity contribution >= 4 is 0 Å². The van der Waals surface area contributed by atoms with Gasteiger partial charge in [0.1, 0.15) is 17.4 Å². The standard InChI is InChI=1S/C17H19F2NO/c1-11-7-8-16(21-3)12(9-11)10-15(20-2)17-13(18)5-4-6-14(17)19/h4-9,15,20H,10H2,1-3H3. The van der Waals surface area contributed by atoms with Crippen LogP contribution < -0.4 is 10.1 Å². The first-order valence-corrected chi connectivity index (χ1v) is 6.81. The fraction of sp³-hybridized carbons (Fsp3) is 0.294. The van der Waals surface area contributed by atoms with Crippen LogP contribution in [0.4, 0.5) is 8.78 Å². The molecule has 0 spiro atoms. The maximum Gasteiger partial charge on any atom is 0.130 e. The van der Waals surface area contributed by atoms with Crippen LogP contribution in [-0.2, 0) is 6.42 Å². The summed E-state index contributed by atoms with van der Waals surface area (Å²) < 4.78 is 33.2. The predicted octanol–water partition coefficient (Wildman–Crippen LogP) is 3.79. The smallest absolute Gasteiger partial charge is 0.130 e. The zero-order valence-corrected chi connectivity index (χ0v) is 12.4. The van der Waals surface area contributed by atoms with E-state index >= 15 is 0 Å². The highest BCUT2D eigenvalue weighted by Gasteiger charge is 2.20. The Kier molecular flexibility index (Phi) is 4.91. The number of hydrogen-bond donors (Lipinski definition) is 1. The molecule has 1 N–H and O–H groups in total. The molecule has 2 nitrogen and oxygen atoms in total. The molecule has 0 saturated heterocycles. The molecule has 2 aromatic carbocycles. The summed E-state index contributed by atoms with van der Waals surface area (Å²) in [5, 5.41) is 2.98. The first-order valence-electron chi connectivity index (χ1n) is 6.81. The molecule has 2 aromatic rings. The van der Waals surface area contributed by atoms with Crippen molar-refractivity contribution in [3.05, 3.63) is 64.7 Å². The van der Waals surface area contributed by atoms with Gasteiger partial charge in [-0.1, -0.05) is 23.8 Å². The summed E-state index contributed by atoms with van der Waals surface area (Å²) in [6.07, 6.45) is 0.444. The Morgan fingerprint density at radius 3 is 2.38 bits per heavy atom. The first kappa shape index (κ1) is 15.4. The van der Waals surface area contributed by atoms with Gasteiger partial charge in [0, 0.05) is 11.6 Å². The lowest BCUT2D eigenvalue weighted by Gasteiger charge is -2.20. The van der Waals surface area contributed by atoms with Gasteiger partial charge in [-0.2, -0.15) is 0 Å². The molecule has 0 aliphatic heterocycles. The Labute approximate surface area is 123 Å². The highest BCUT2D eigenvalue weighted by molar-refractivity contribution is 5.38. The fourth-order valence-electron chi connectivity index (χ4n) is 2.48. The summed E-state index contributed by atoms with van der Waals surface area (Å²) in [5.41, 5.74) is 2.05. The molecule has 0 aliphatic carbocycles. The summed E-state index contributed by atoms with van der Waals surface area (Å²) in [4.78, 5) is 0. The third kappa shape index (κ3) is 3.39. The average molecular weight is 291 g/mol. The second-order valence-electron chi connectivity index (χ2n) is 5.00. The normalized spacial score (nSPS) is 12.2.